The van der Waals surface area contributed by atoms with Crippen molar-refractivity contribution >= 4 is 53.8 Å². The third kappa shape index (κ3) is 2.13. The van der Waals surface area contributed by atoms with E-state index in [1.807, 2.05) is 23.5 Å². The Morgan fingerprint density at radius 2 is 1.53 bits per heavy atom. The fourth-order valence-electron chi connectivity index (χ4n) is 2.05. The van der Waals surface area contributed by atoms with Crippen molar-refractivity contribution in [2.75, 3.05) is 0 Å². The molecule has 0 aromatic heterocycles. The molecule has 1 saturated carbocycles. The molecular weight excluding hydrogens is 295 g/mol. The highest BCUT2D eigenvalue weighted by Crippen LogP contribution is 2.80. The van der Waals surface area contributed by atoms with Crippen LogP contribution in [0.5, 0.6) is 0 Å². The average molecular weight is 304 g/mol. The van der Waals surface area contributed by atoms with Crippen LogP contribution < -0.4 is 0 Å². The van der Waals surface area contributed by atoms with Gasteiger partial charge in [-0.25, -0.2) is 0 Å². The molecule has 4 aliphatic rings. The summed E-state index contributed by atoms with van der Waals surface area (Å²) in [5.41, 5.74) is 0. The lowest BCUT2D eigenvalue weighted by molar-refractivity contribution is 0.168. The molecular formula is C6H9O4PS4. The van der Waals surface area contributed by atoms with Crippen molar-refractivity contribution in [2.24, 2.45) is 0 Å². The second-order valence-electron chi connectivity index (χ2n) is 3.89. The second kappa shape index (κ2) is 3.30. The minimum Gasteiger partial charge on any atom is -0.377 e. The smallest absolute Gasteiger partial charge is 0.319 e. The monoisotopic (exact) mass is 304 g/mol. The maximum atomic E-state index is 9.88. The number of hydrogen-bond donors (Lipinski definition) is 4. The number of hydrogen-bond acceptors (Lipinski definition) is 5. The molecule has 3 heterocycles. The van der Waals surface area contributed by atoms with Gasteiger partial charge in [0.15, 0.2) is 0 Å². The lowest BCUT2D eigenvalue weighted by atomic mass is 9.98. The van der Waals surface area contributed by atoms with Gasteiger partial charge in [-0.15, -0.1) is 23.5 Å². The van der Waals surface area contributed by atoms with E-state index in [0.717, 1.165) is 15.7 Å². The van der Waals surface area contributed by atoms with Crippen molar-refractivity contribution in [3.8, 4) is 0 Å². The predicted octanol–water partition coefficient (Wildman–Crippen LogP) is -0.0402. The van der Waals surface area contributed by atoms with Crippen molar-refractivity contribution < 1.29 is 19.8 Å². The van der Waals surface area contributed by atoms with Crippen molar-refractivity contribution in [3.63, 3.8) is 0 Å². The SMILES string of the molecule is OC12SC1C1SC1C1SC12.OP(O)(O)=S. The van der Waals surface area contributed by atoms with E-state index in [0.29, 0.717) is 10.5 Å². The van der Waals surface area contributed by atoms with Crippen molar-refractivity contribution in [1.29, 1.82) is 0 Å². The standard InChI is InChI=1S/C6H6OS3.H3O3PS/c7-6-4-2(9-4)1-3(8-1)5(6)10-6;1-4(2,3)5/h1-5,7H;(H3,1,2,3,5). The summed E-state index contributed by atoms with van der Waals surface area (Å²) in [5.74, 6) is 0. The molecule has 15 heavy (non-hydrogen) atoms. The number of thioether (sulfide) groups is 3. The molecule has 86 valence electrons. The fraction of sp³-hybridized carbons (Fsp3) is 1.00. The van der Waals surface area contributed by atoms with Gasteiger partial charge in [0, 0.05) is 15.7 Å². The van der Waals surface area contributed by atoms with E-state index in [1.165, 1.54) is 0 Å². The predicted molar refractivity (Wildman–Crippen MR) is 67.6 cm³/mol. The van der Waals surface area contributed by atoms with E-state index in [1.54, 1.807) is 0 Å². The summed E-state index contributed by atoms with van der Waals surface area (Å²) in [6.45, 7) is -3.81. The molecule has 0 bridgehead atoms. The maximum Gasteiger partial charge on any atom is 0.319 e. The lowest BCUT2D eigenvalue weighted by Gasteiger charge is -2.07. The van der Waals surface area contributed by atoms with Gasteiger partial charge in [-0.3, -0.25) is 0 Å². The summed E-state index contributed by atoms with van der Waals surface area (Å²) < 4.78 is 0. The Balaban J connectivity index is 0.000000127. The molecule has 1 aliphatic carbocycles. The average Bonchev–Trinajstić information content (AvgIpc) is 2.83. The molecule has 4 fully saturated rings. The fourth-order valence-corrected chi connectivity index (χ4v) is 7.45. The molecule has 0 amide bonds. The van der Waals surface area contributed by atoms with Gasteiger partial charge in [0.2, 0.25) is 0 Å². The molecule has 4 nitrogen and oxygen atoms in total. The third-order valence-electron chi connectivity index (χ3n) is 2.78. The first-order chi connectivity index (χ1) is 6.81. The summed E-state index contributed by atoms with van der Waals surface area (Å²) in [7, 11) is 0. The molecule has 9 heteroatoms. The Bertz CT molecular complexity index is 343. The van der Waals surface area contributed by atoms with Gasteiger partial charge in [0.25, 0.3) is 0 Å². The highest BCUT2D eigenvalue weighted by atomic mass is 32.5. The van der Waals surface area contributed by atoms with Gasteiger partial charge in [0.1, 0.15) is 4.93 Å². The molecule has 3 aliphatic heterocycles. The van der Waals surface area contributed by atoms with E-state index in [-0.39, 0.29) is 4.93 Å². The lowest BCUT2D eigenvalue weighted by Crippen LogP contribution is -2.32. The van der Waals surface area contributed by atoms with E-state index in [9.17, 15) is 5.11 Å². The highest BCUT2D eigenvalue weighted by Gasteiger charge is 2.81. The Labute approximate surface area is 104 Å². The van der Waals surface area contributed by atoms with Gasteiger partial charge >= 0.3 is 6.72 Å². The molecule has 3 saturated heterocycles. The number of rotatable bonds is 0. The van der Waals surface area contributed by atoms with Crippen LogP contribution >= 0.6 is 42.0 Å². The van der Waals surface area contributed by atoms with Gasteiger partial charge < -0.3 is 19.8 Å². The largest absolute Gasteiger partial charge is 0.377 e. The van der Waals surface area contributed by atoms with Crippen molar-refractivity contribution in [3.05, 3.63) is 0 Å². The molecule has 6 unspecified atom stereocenters. The first-order valence-corrected chi connectivity index (χ1v) is 9.73. The van der Waals surface area contributed by atoms with Crippen LogP contribution in [0.2, 0.25) is 0 Å². The van der Waals surface area contributed by atoms with Gasteiger partial charge in [-0.2, -0.15) is 11.8 Å². The summed E-state index contributed by atoms with van der Waals surface area (Å²) >= 11 is 9.52. The molecule has 0 aromatic rings. The second-order valence-corrected chi connectivity index (χ2v) is 10.5. The van der Waals surface area contributed by atoms with Gasteiger partial charge in [0.05, 0.1) is 10.5 Å². The Hall–Kier alpha value is 1.54. The maximum absolute atomic E-state index is 9.88. The quantitative estimate of drug-likeness (QED) is 0.367. The van der Waals surface area contributed by atoms with E-state index in [4.69, 9.17) is 14.7 Å². The van der Waals surface area contributed by atoms with Crippen LogP contribution in [-0.2, 0) is 11.8 Å². The van der Waals surface area contributed by atoms with Gasteiger partial charge in [-0.05, 0) is 11.8 Å². The topological polar surface area (TPSA) is 80.9 Å². The van der Waals surface area contributed by atoms with Crippen LogP contribution in [0, 0.1) is 0 Å². The van der Waals surface area contributed by atoms with Gasteiger partial charge in [-0.1, -0.05) is 0 Å². The zero-order valence-electron chi connectivity index (χ0n) is 7.26. The van der Waals surface area contributed by atoms with Crippen LogP contribution in [0.3, 0.4) is 0 Å². The first kappa shape index (κ1) is 11.6. The highest BCUT2D eigenvalue weighted by molar-refractivity contribution is 8.18. The number of aliphatic hydroxyl groups is 1. The summed E-state index contributed by atoms with van der Waals surface area (Å²) in [6.07, 6.45) is 0. The summed E-state index contributed by atoms with van der Waals surface area (Å²) in [5, 5.41) is 13.8. The van der Waals surface area contributed by atoms with Crippen LogP contribution in [-0.4, -0.2) is 51.0 Å². The van der Waals surface area contributed by atoms with Crippen LogP contribution in [0.1, 0.15) is 0 Å². The Morgan fingerprint density at radius 3 is 2.13 bits per heavy atom. The Kier molecular flexibility index (Phi) is 2.56. The Morgan fingerprint density at radius 1 is 1.00 bits per heavy atom. The van der Waals surface area contributed by atoms with E-state index in [2.05, 4.69) is 23.6 Å². The summed E-state index contributed by atoms with van der Waals surface area (Å²) in [6, 6.07) is 0. The molecule has 0 spiro atoms. The molecule has 4 rings (SSSR count). The van der Waals surface area contributed by atoms with Crippen LogP contribution in [0.4, 0.5) is 0 Å². The third-order valence-corrected chi connectivity index (χ3v) is 7.79. The first-order valence-electron chi connectivity index (χ1n) is 4.30. The minimum atomic E-state index is -3.81. The van der Waals surface area contributed by atoms with Crippen LogP contribution in [0.15, 0.2) is 0 Å². The zero-order chi connectivity index (χ0) is 11.0. The van der Waals surface area contributed by atoms with Crippen LogP contribution in [0.25, 0.3) is 0 Å². The molecule has 0 aromatic carbocycles. The summed E-state index contributed by atoms with van der Waals surface area (Å²) in [4.78, 5) is 22.4. The number of fused-ring (bicyclic) bond motifs is 6. The molecule has 6 atom stereocenters. The van der Waals surface area contributed by atoms with Crippen molar-refractivity contribution in [2.45, 2.75) is 31.2 Å². The minimum absolute atomic E-state index is 0.250. The molecule has 0 radical (unpaired) electrons. The van der Waals surface area contributed by atoms with E-state index >= 15 is 0 Å². The van der Waals surface area contributed by atoms with Crippen molar-refractivity contribution in [1.82, 2.24) is 0 Å². The zero-order valence-corrected chi connectivity index (χ0v) is 11.4. The molecule has 4 N–H and O–H groups in total. The van der Waals surface area contributed by atoms with E-state index < -0.39 is 6.72 Å². The normalized spacial score (nSPS) is 57.7.